The van der Waals surface area contributed by atoms with Crippen LogP contribution in [0.25, 0.3) is 17.0 Å². The molecule has 0 radical (unpaired) electrons. The molecular formula is C20H15N3O3S. The Hall–Kier alpha value is -3.32. The van der Waals surface area contributed by atoms with Crippen molar-refractivity contribution in [1.29, 1.82) is 0 Å². The predicted molar refractivity (Wildman–Crippen MR) is 108 cm³/mol. The lowest BCUT2D eigenvalue weighted by molar-refractivity contribution is -0.136. The minimum atomic E-state index is -0.871. The number of carboxylic acid groups (broad SMARTS) is 1. The van der Waals surface area contributed by atoms with Crippen molar-refractivity contribution in [3.63, 3.8) is 0 Å². The van der Waals surface area contributed by atoms with Crippen LogP contribution in [0.5, 0.6) is 0 Å². The molecule has 7 heteroatoms. The van der Waals surface area contributed by atoms with Crippen molar-refractivity contribution in [2.75, 3.05) is 5.32 Å². The van der Waals surface area contributed by atoms with Gasteiger partial charge in [0.25, 0.3) is 5.91 Å². The van der Waals surface area contributed by atoms with E-state index in [0.717, 1.165) is 22.2 Å². The molecule has 0 spiro atoms. The fourth-order valence-corrected chi connectivity index (χ4v) is 3.61. The highest BCUT2D eigenvalue weighted by molar-refractivity contribution is 8.18. The Morgan fingerprint density at radius 3 is 2.78 bits per heavy atom. The summed E-state index contributed by atoms with van der Waals surface area (Å²) in [5, 5.41) is 13.5. The van der Waals surface area contributed by atoms with Crippen LogP contribution in [-0.4, -0.2) is 27.1 Å². The van der Waals surface area contributed by atoms with Gasteiger partial charge in [0.05, 0.1) is 11.3 Å². The Morgan fingerprint density at radius 1 is 1.19 bits per heavy atom. The molecule has 1 aliphatic heterocycles. The number of benzene rings is 2. The van der Waals surface area contributed by atoms with Gasteiger partial charge in [-0.25, -0.2) is 0 Å². The number of H-pyrrole nitrogens is 1. The number of amides is 1. The van der Waals surface area contributed by atoms with Gasteiger partial charge in [-0.15, -0.1) is 0 Å². The van der Waals surface area contributed by atoms with Crippen molar-refractivity contribution < 1.29 is 14.7 Å². The van der Waals surface area contributed by atoms with E-state index in [-0.39, 0.29) is 12.3 Å². The molecule has 0 atom stereocenters. The average Bonchev–Trinajstić information content (AvgIpc) is 3.22. The first-order chi connectivity index (χ1) is 13.1. The first-order valence-corrected chi connectivity index (χ1v) is 9.06. The number of carboxylic acids is 1. The van der Waals surface area contributed by atoms with E-state index in [0.29, 0.717) is 15.6 Å². The molecule has 0 saturated carbocycles. The number of aromatic amines is 1. The van der Waals surface area contributed by atoms with Gasteiger partial charge in [0, 0.05) is 17.4 Å². The zero-order valence-electron chi connectivity index (χ0n) is 14.1. The lowest BCUT2D eigenvalue weighted by atomic mass is 10.1. The summed E-state index contributed by atoms with van der Waals surface area (Å²) in [6, 6.07) is 14.9. The van der Waals surface area contributed by atoms with Gasteiger partial charge in [0.2, 0.25) is 0 Å². The normalized spacial score (nSPS) is 15.3. The summed E-state index contributed by atoms with van der Waals surface area (Å²) in [5.74, 6) is -1.15. The molecule has 0 fully saturated rings. The van der Waals surface area contributed by atoms with Crippen LogP contribution in [0.15, 0.2) is 64.6 Å². The number of hydrogen-bond donors (Lipinski definition) is 3. The lowest BCUT2D eigenvalue weighted by Gasteiger charge is -2.05. The van der Waals surface area contributed by atoms with Crippen molar-refractivity contribution in [1.82, 2.24) is 4.98 Å². The Bertz CT molecular complexity index is 1100. The summed E-state index contributed by atoms with van der Waals surface area (Å²) >= 11 is 1.28. The molecule has 3 N–H and O–H groups in total. The molecule has 0 aliphatic carbocycles. The van der Waals surface area contributed by atoms with Gasteiger partial charge in [0.1, 0.15) is 0 Å². The Kier molecular flexibility index (Phi) is 4.52. The molecule has 0 unspecified atom stereocenters. The molecule has 1 amide bonds. The number of carbonyl (C=O) groups excluding carboxylic acids is 1. The summed E-state index contributed by atoms with van der Waals surface area (Å²) in [5.41, 5.74) is 3.45. The van der Waals surface area contributed by atoms with E-state index in [1.165, 1.54) is 11.8 Å². The fraction of sp³-hybridized carbons (Fsp3) is 0.0500. The van der Waals surface area contributed by atoms with Crippen LogP contribution in [0.4, 0.5) is 5.69 Å². The van der Waals surface area contributed by atoms with Gasteiger partial charge in [-0.3, -0.25) is 9.59 Å². The quantitative estimate of drug-likeness (QED) is 0.600. The van der Waals surface area contributed by atoms with Gasteiger partial charge < -0.3 is 15.4 Å². The first kappa shape index (κ1) is 17.1. The number of nitrogens with zero attached hydrogens (tertiary/aromatic N) is 1. The van der Waals surface area contributed by atoms with E-state index < -0.39 is 5.97 Å². The van der Waals surface area contributed by atoms with Crippen molar-refractivity contribution >= 4 is 51.5 Å². The molecule has 0 bridgehead atoms. The maximum Gasteiger partial charge on any atom is 0.307 e. The van der Waals surface area contributed by atoms with E-state index in [1.807, 2.05) is 36.5 Å². The van der Waals surface area contributed by atoms with Crippen LogP contribution in [0, 0.1) is 0 Å². The molecular weight excluding hydrogens is 362 g/mol. The smallest absolute Gasteiger partial charge is 0.307 e. The van der Waals surface area contributed by atoms with E-state index in [4.69, 9.17) is 5.11 Å². The zero-order valence-corrected chi connectivity index (χ0v) is 14.9. The highest BCUT2D eigenvalue weighted by Crippen LogP contribution is 2.30. The molecule has 27 heavy (non-hydrogen) atoms. The second-order valence-corrected chi connectivity index (χ2v) is 7.08. The minimum absolute atomic E-state index is 0.0210. The summed E-state index contributed by atoms with van der Waals surface area (Å²) < 4.78 is 0. The second-order valence-electron chi connectivity index (χ2n) is 6.05. The minimum Gasteiger partial charge on any atom is -0.481 e. The monoisotopic (exact) mass is 377 g/mol. The molecule has 0 saturated heterocycles. The second kappa shape index (κ2) is 7.13. The number of anilines is 1. The fourth-order valence-electron chi connectivity index (χ4n) is 2.78. The summed E-state index contributed by atoms with van der Waals surface area (Å²) in [6.45, 7) is 0. The van der Waals surface area contributed by atoms with Gasteiger partial charge in [-0.05, 0) is 64.7 Å². The Balaban J connectivity index is 1.46. The number of nitrogens with one attached hydrogen (secondary N) is 2. The van der Waals surface area contributed by atoms with E-state index in [2.05, 4.69) is 15.3 Å². The van der Waals surface area contributed by atoms with Gasteiger partial charge in [-0.2, -0.15) is 4.99 Å². The largest absolute Gasteiger partial charge is 0.481 e. The number of hydrogen-bond acceptors (Lipinski definition) is 4. The highest BCUT2D eigenvalue weighted by atomic mass is 32.2. The summed E-state index contributed by atoms with van der Waals surface area (Å²) in [6.07, 6.45) is 3.68. The van der Waals surface area contributed by atoms with Crippen molar-refractivity contribution in [3.8, 4) is 0 Å². The van der Waals surface area contributed by atoms with Gasteiger partial charge >= 0.3 is 5.97 Å². The maximum absolute atomic E-state index is 12.2. The van der Waals surface area contributed by atoms with Crippen LogP contribution >= 0.6 is 11.8 Å². The summed E-state index contributed by atoms with van der Waals surface area (Å²) in [7, 11) is 0. The van der Waals surface area contributed by atoms with Crippen LogP contribution in [-0.2, 0) is 16.0 Å². The van der Waals surface area contributed by atoms with Crippen molar-refractivity contribution in [2.45, 2.75) is 6.42 Å². The van der Waals surface area contributed by atoms with Crippen LogP contribution in [0.1, 0.15) is 11.1 Å². The van der Waals surface area contributed by atoms with Crippen molar-refractivity contribution in [3.05, 3.63) is 70.8 Å². The molecule has 134 valence electrons. The van der Waals surface area contributed by atoms with Crippen LogP contribution < -0.4 is 5.32 Å². The third-order valence-electron chi connectivity index (χ3n) is 4.06. The van der Waals surface area contributed by atoms with E-state index >= 15 is 0 Å². The SMILES string of the molecule is O=C(O)Cc1ccc(NC2=NC(=O)C(=Cc3ccc4[nH]ccc4c3)S2)cc1. The number of aliphatic carboxylic acids is 1. The third-order valence-corrected chi connectivity index (χ3v) is 4.96. The van der Waals surface area contributed by atoms with E-state index in [9.17, 15) is 9.59 Å². The number of aliphatic imine (C=N–C) groups is 1. The van der Waals surface area contributed by atoms with Crippen molar-refractivity contribution in [2.24, 2.45) is 4.99 Å². The number of fused-ring (bicyclic) bond motifs is 1. The maximum atomic E-state index is 12.2. The van der Waals surface area contributed by atoms with Crippen LogP contribution in [0.2, 0.25) is 0 Å². The molecule has 1 aliphatic rings. The lowest BCUT2D eigenvalue weighted by Crippen LogP contribution is -2.05. The topological polar surface area (TPSA) is 94.5 Å². The predicted octanol–water partition coefficient (Wildman–Crippen LogP) is 3.88. The number of thioether (sulfide) groups is 1. The number of rotatable bonds is 4. The molecule has 2 aromatic carbocycles. The van der Waals surface area contributed by atoms with E-state index in [1.54, 1.807) is 24.3 Å². The third kappa shape index (κ3) is 3.93. The molecule has 4 rings (SSSR count). The Morgan fingerprint density at radius 2 is 2.00 bits per heavy atom. The molecule has 1 aromatic heterocycles. The standard InChI is InChI=1S/C20H15N3O3S/c24-18(25)11-12-1-4-15(5-2-12)22-20-23-19(26)17(27-20)10-13-3-6-16-14(9-13)7-8-21-16/h1-10,21H,11H2,(H,24,25)(H,22,23,26). The molecule has 2 heterocycles. The Labute approximate surface area is 159 Å². The number of carbonyl (C=O) groups is 2. The van der Waals surface area contributed by atoms with Gasteiger partial charge in [-0.1, -0.05) is 18.2 Å². The highest BCUT2D eigenvalue weighted by Gasteiger charge is 2.22. The molecule has 3 aromatic rings. The number of aromatic nitrogens is 1. The average molecular weight is 377 g/mol. The molecule has 6 nitrogen and oxygen atoms in total. The van der Waals surface area contributed by atoms with Crippen LogP contribution in [0.3, 0.4) is 0 Å². The van der Waals surface area contributed by atoms with Gasteiger partial charge in [0.15, 0.2) is 5.17 Å². The zero-order chi connectivity index (χ0) is 18.8. The summed E-state index contributed by atoms with van der Waals surface area (Å²) in [4.78, 5) is 30.6. The first-order valence-electron chi connectivity index (χ1n) is 8.24. The number of amidine groups is 1.